The van der Waals surface area contributed by atoms with Crippen molar-refractivity contribution < 1.29 is 4.74 Å². The summed E-state index contributed by atoms with van der Waals surface area (Å²) in [4.78, 5) is 4.25. The summed E-state index contributed by atoms with van der Waals surface area (Å²) in [7, 11) is 1.65. The fraction of sp³-hybridized carbons (Fsp3) is 0.353. The highest BCUT2D eigenvalue weighted by atomic mass is 35.5. The average molecular weight is 305 g/mol. The molecule has 1 heterocycles. The number of nitrogens with one attached hydrogen (secondary N) is 1. The quantitative estimate of drug-likeness (QED) is 0.871. The van der Waals surface area contributed by atoms with Crippen LogP contribution in [0.3, 0.4) is 0 Å². The van der Waals surface area contributed by atoms with Crippen LogP contribution < -0.4 is 10.1 Å². The van der Waals surface area contributed by atoms with Gasteiger partial charge in [-0.25, -0.2) is 0 Å². The summed E-state index contributed by atoms with van der Waals surface area (Å²) in [5.74, 6) is 0.758. The van der Waals surface area contributed by atoms with Gasteiger partial charge in [0.2, 0.25) is 0 Å². The van der Waals surface area contributed by atoms with Gasteiger partial charge in [-0.2, -0.15) is 0 Å². The van der Waals surface area contributed by atoms with Crippen molar-refractivity contribution in [3.8, 4) is 5.75 Å². The molecule has 1 N–H and O–H groups in total. The van der Waals surface area contributed by atoms with Crippen molar-refractivity contribution in [2.45, 2.75) is 26.3 Å². The molecule has 1 unspecified atom stereocenters. The number of nitrogens with zero attached hydrogens (tertiary/aromatic N) is 1. The summed E-state index contributed by atoms with van der Waals surface area (Å²) in [6.45, 7) is 5.08. The lowest BCUT2D eigenvalue weighted by molar-refractivity contribution is 0.411. The van der Waals surface area contributed by atoms with E-state index < -0.39 is 0 Å². The number of hydrogen-bond acceptors (Lipinski definition) is 3. The Morgan fingerprint density at radius 2 is 2.05 bits per heavy atom. The van der Waals surface area contributed by atoms with E-state index in [1.54, 1.807) is 13.3 Å². The standard InChI is InChI=1S/C17H21ClN2O/c1-4-7-20-17(13-6-5-12(2)16(18)9-13)14-8-15(21-3)11-19-10-14/h5-6,8-11,17,20H,4,7H2,1-3H3. The monoisotopic (exact) mass is 304 g/mol. The summed E-state index contributed by atoms with van der Waals surface area (Å²) >= 11 is 6.27. The molecule has 0 aliphatic rings. The second kappa shape index (κ2) is 7.43. The highest BCUT2D eigenvalue weighted by Gasteiger charge is 2.15. The van der Waals surface area contributed by atoms with E-state index in [4.69, 9.17) is 16.3 Å². The van der Waals surface area contributed by atoms with E-state index in [1.165, 1.54) is 0 Å². The summed E-state index contributed by atoms with van der Waals surface area (Å²) < 4.78 is 5.27. The third kappa shape index (κ3) is 3.96. The van der Waals surface area contributed by atoms with Crippen LogP contribution in [0.25, 0.3) is 0 Å². The van der Waals surface area contributed by atoms with Crippen LogP contribution in [-0.2, 0) is 0 Å². The van der Waals surface area contributed by atoms with E-state index in [0.29, 0.717) is 0 Å². The molecule has 0 aliphatic heterocycles. The molecule has 4 heteroatoms. The first-order valence-electron chi connectivity index (χ1n) is 7.14. The molecule has 1 aromatic carbocycles. The van der Waals surface area contributed by atoms with Gasteiger partial charge in [0.15, 0.2) is 0 Å². The maximum absolute atomic E-state index is 6.27. The Morgan fingerprint density at radius 1 is 1.24 bits per heavy atom. The normalized spacial score (nSPS) is 12.2. The lowest BCUT2D eigenvalue weighted by atomic mass is 9.99. The summed E-state index contributed by atoms with van der Waals surface area (Å²) in [6.07, 6.45) is 4.64. The lowest BCUT2D eigenvalue weighted by Gasteiger charge is -2.20. The zero-order valence-corrected chi connectivity index (χ0v) is 13.4. The minimum Gasteiger partial charge on any atom is -0.495 e. The van der Waals surface area contributed by atoms with Crippen LogP contribution in [0.1, 0.15) is 36.1 Å². The minimum absolute atomic E-state index is 0.0608. The van der Waals surface area contributed by atoms with Crippen LogP contribution >= 0.6 is 11.6 Å². The van der Waals surface area contributed by atoms with Crippen LogP contribution in [0.5, 0.6) is 5.75 Å². The van der Waals surface area contributed by atoms with Gasteiger partial charge in [0.25, 0.3) is 0 Å². The molecule has 2 aromatic rings. The molecule has 112 valence electrons. The maximum atomic E-state index is 6.27. The number of hydrogen-bond donors (Lipinski definition) is 1. The first-order chi connectivity index (χ1) is 10.2. The molecule has 1 aromatic heterocycles. The largest absolute Gasteiger partial charge is 0.495 e. The Hall–Kier alpha value is -1.58. The molecule has 0 bridgehead atoms. The number of pyridine rings is 1. The fourth-order valence-electron chi connectivity index (χ4n) is 2.21. The van der Waals surface area contributed by atoms with E-state index in [-0.39, 0.29) is 6.04 Å². The van der Waals surface area contributed by atoms with Gasteiger partial charge in [0, 0.05) is 11.2 Å². The number of rotatable bonds is 6. The molecule has 1 atom stereocenters. The van der Waals surface area contributed by atoms with Crippen LogP contribution in [-0.4, -0.2) is 18.6 Å². The molecule has 0 spiro atoms. The third-order valence-electron chi connectivity index (χ3n) is 3.43. The van der Waals surface area contributed by atoms with E-state index in [0.717, 1.165) is 40.4 Å². The second-order valence-corrected chi connectivity index (χ2v) is 5.46. The van der Waals surface area contributed by atoms with Crippen molar-refractivity contribution in [3.63, 3.8) is 0 Å². The second-order valence-electron chi connectivity index (χ2n) is 5.05. The molecule has 2 rings (SSSR count). The van der Waals surface area contributed by atoms with Crippen molar-refractivity contribution >= 4 is 11.6 Å². The van der Waals surface area contributed by atoms with Gasteiger partial charge in [0.05, 0.1) is 19.3 Å². The zero-order valence-electron chi connectivity index (χ0n) is 12.7. The van der Waals surface area contributed by atoms with Crippen molar-refractivity contribution in [2.24, 2.45) is 0 Å². The molecule has 0 saturated heterocycles. The van der Waals surface area contributed by atoms with Crippen molar-refractivity contribution in [2.75, 3.05) is 13.7 Å². The first-order valence-corrected chi connectivity index (χ1v) is 7.52. The van der Waals surface area contributed by atoms with E-state index >= 15 is 0 Å². The van der Waals surface area contributed by atoms with Gasteiger partial charge in [-0.05, 0) is 48.7 Å². The van der Waals surface area contributed by atoms with Gasteiger partial charge in [-0.15, -0.1) is 0 Å². The van der Waals surface area contributed by atoms with Crippen LogP contribution in [0.2, 0.25) is 5.02 Å². The predicted molar refractivity (Wildman–Crippen MR) is 87.1 cm³/mol. The Bertz CT molecular complexity index is 601. The Morgan fingerprint density at radius 3 is 2.71 bits per heavy atom. The first kappa shape index (κ1) is 15.8. The third-order valence-corrected chi connectivity index (χ3v) is 3.84. The molecule has 0 aliphatic carbocycles. The Kier molecular flexibility index (Phi) is 5.59. The Balaban J connectivity index is 2.38. The van der Waals surface area contributed by atoms with Crippen molar-refractivity contribution in [1.82, 2.24) is 10.3 Å². The molecule has 0 radical (unpaired) electrons. The zero-order chi connectivity index (χ0) is 15.2. The number of methoxy groups -OCH3 is 1. The molecule has 0 fully saturated rings. The van der Waals surface area contributed by atoms with E-state index in [2.05, 4.69) is 23.3 Å². The van der Waals surface area contributed by atoms with Gasteiger partial charge in [0.1, 0.15) is 5.75 Å². The molecule has 3 nitrogen and oxygen atoms in total. The van der Waals surface area contributed by atoms with Crippen molar-refractivity contribution in [1.29, 1.82) is 0 Å². The highest BCUT2D eigenvalue weighted by molar-refractivity contribution is 6.31. The highest BCUT2D eigenvalue weighted by Crippen LogP contribution is 2.27. The summed E-state index contributed by atoms with van der Waals surface area (Å²) in [5, 5.41) is 4.33. The average Bonchev–Trinajstić information content (AvgIpc) is 2.51. The number of aromatic nitrogens is 1. The van der Waals surface area contributed by atoms with Crippen molar-refractivity contribution in [3.05, 3.63) is 58.4 Å². The van der Waals surface area contributed by atoms with Crippen LogP contribution in [0, 0.1) is 6.92 Å². The van der Waals surface area contributed by atoms with Gasteiger partial charge < -0.3 is 10.1 Å². The van der Waals surface area contributed by atoms with Gasteiger partial charge in [-0.3, -0.25) is 4.98 Å². The van der Waals surface area contributed by atoms with E-state index in [1.807, 2.05) is 31.3 Å². The molecule has 0 saturated carbocycles. The fourth-order valence-corrected chi connectivity index (χ4v) is 2.40. The SMILES string of the molecule is CCCNC(c1cncc(OC)c1)c1ccc(C)c(Cl)c1. The van der Waals surface area contributed by atoms with Crippen LogP contribution in [0.4, 0.5) is 0 Å². The number of aryl methyl sites for hydroxylation is 1. The minimum atomic E-state index is 0.0608. The summed E-state index contributed by atoms with van der Waals surface area (Å²) in [6, 6.07) is 8.24. The number of halogens is 1. The summed E-state index contributed by atoms with van der Waals surface area (Å²) in [5.41, 5.74) is 3.29. The lowest BCUT2D eigenvalue weighted by Crippen LogP contribution is -2.23. The smallest absolute Gasteiger partial charge is 0.137 e. The molecular weight excluding hydrogens is 284 g/mol. The Labute approximate surface area is 131 Å². The number of ether oxygens (including phenoxy) is 1. The van der Waals surface area contributed by atoms with Gasteiger partial charge >= 0.3 is 0 Å². The predicted octanol–water partition coefficient (Wildman–Crippen LogP) is 4.14. The maximum Gasteiger partial charge on any atom is 0.137 e. The molecular formula is C17H21ClN2O. The van der Waals surface area contributed by atoms with Crippen LogP contribution in [0.15, 0.2) is 36.7 Å². The number of benzene rings is 1. The van der Waals surface area contributed by atoms with Gasteiger partial charge in [-0.1, -0.05) is 30.7 Å². The molecule has 0 amide bonds. The van der Waals surface area contributed by atoms with E-state index in [9.17, 15) is 0 Å². The topological polar surface area (TPSA) is 34.2 Å². The molecule has 21 heavy (non-hydrogen) atoms.